The Hall–Kier alpha value is -1.00. The first-order valence-corrected chi connectivity index (χ1v) is 6.58. The van der Waals surface area contributed by atoms with Crippen LogP contribution >= 0.6 is 0 Å². The van der Waals surface area contributed by atoms with Crippen molar-refractivity contribution in [1.29, 1.82) is 0 Å². The summed E-state index contributed by atoms with van der Waals surface area (Å²) in [5.41, 5.74) is 1.02. The zero-order valence-corrected chi connectivity index (χ0v) is 10.6. The van der Waals surface area contributed by atoms with Crippen LogP contribution in [0.15, 0.2) is 18.6 Å². The molecule has 17 heavy (non-hydrogen) atoms. The minimum absolute atomic E-state index is 0.286. The number of nitrogens with zero attached hydrogens (tertiary/aromatic N) is 3. The van der Waals surface area contributed by atoms with Gasteiger partial charge < -0.3 is 10.2 Å². The van der Waals surface area contributed by atoms with Gasteiger partial charge in [0.05, 0.1) is 5.69 Å². The van der Waals surface area contributed by atoms with Crippen LogP contribution in [0.25, 0.3) is 0 Å². The summed E-state index contributed by atoms with van der Waals surface area (Å²) in [4.78, 5) is 10.9. The average molecular weight is 234 g/mol. The highest BCUT2D eigenvalue weighted by molar-refractivity contribution is 5.00. The van der Waals surface area contributed by atoms with E-state index in [1.54, 1.807) is 12.4 Å². The Kier molecular flexibility index (Phi) is 4.88. The summed E-state index contributed by atoms with van der Waals surface area (Å²) in [7, 11) is 0. The lowest BCUT2D eigenvalue weighted by molar-refractivity contribution is 0.226. The molecule has 0 saturated carbocycles. The Morgan fingerprint density at radius 2 is 2.12 bits per heavy atom. The molecule has 0 aliphatic carbocycles. The number of piperidine rings is 1. The molecule has 0 amide bonds. The Balaban J connectivity index is 1.67. The van der Waals surface area contributed by atoms with Crippen molar-refractivity contribution in [1.82, 2.24) is 20.2 Å². The first-order valence-electron chi connectivity index (χ1n) is 6.58. The van der Waals surface area contributed by atoms with Gasteiger partial charge >= 0.3 is 0 Å². The van der Waals surface area contributed by atoms with Gasteiger partial charge in [0, 0.05) is 37.7 Å². The largest absolute Gasteiger partial charge is 0.308 e. The third-order valence-corrected chi connectivity index (χ3v) is 3.35. The normalized spacial score (nSPS) is 19.1. The highest BCUT2D eigenvalue weighted by atomic mass is 15.1. The maximum atomic E-state index is 4.31. The van der Waals surface area contributed by atoms with E-state index in [2.05, 4.69) is 27.1 Å². The lowest BCUT2D eigenvalue weighted by Crippen LogP contribution is -2.36. The maximum Gasteiger partial charge on any atom is 0.0753 e. The van der Waals surface area contributed by atoms with Crippen molar-refractivity contribution in [2.45, 2.75) is 32.2 Å². The lowest BCUT2D eigenvalue weighted by atomic mass is 10.1. The van der Waals surface area contributed by atoms with Gasteiger partial charge in [0.1, 0.15) is 0 Å². The molecular weight excluding hydrogens is 212 g/mol. The number of nitrogens with one attached hydrogen (secondary N) is 1. The summed E-state index contributed by atoms with van der Waals surface area (Å²) in [6, 6.07) is 0.286. The smallest absolute Gasteiger partial charge is 0.0753 e. The molecule has 4 heteroatoms. The van der Waals surface area contributed by atoms with Gasteiger partial charge in [0.2, 0.25) is 0 Å². The second kappa shape index (κ2) is 6.67. The van der Waals surface area contributed by atoms with Gasteiger partial charge in [-0.05, 0) is 32.9 Å². The van der Waals surface area contributed by atoms with Gasteiger partial charge in [-0.15, -0.1) is 0 Å². The molecule has 1 aliphatic heterocycles. The molecule has 0 bridgehead atoms. The van der Waals surface area contributed by atoms with Gasteiger partial charge in [-0.2, -0.15) is 0 Å². The topological polar surface area (TPSA) is 41.0 Å². The summed E-state index contributed by atoms with van der Waals surface area (Å²) >= 11 is 0. The summed E-state index contributed by atoms with van der Waals surface area (Å²) in [6.45, 7) is 6.84. The van der Waals surface area contributed by atoms with E-state index in [1.807, 2.05) is 6.20 Å². The fourth-order valence-electron chi connectivity index (χ4n) is 2.26. The van der Waals surface area contributed by atoms with Crippen molar-refractivity contribution in [2.75, 3.05) is 26.2 Å². The van der Waals surface area contributed by atoms with Crippen molar-refractivity contribution in [3.8, 4) is 0 Å². The summed E-state index contributed by atoms with van der Waals surface area (Å²) in [5, 5.41) is 3.50. The molecule has 1 aliphatic rings. The number of hydrogen-bond donors (Lipinski definition) is 1. The lowest BCUT2D eigenvalue weighted by Gasteiger charge is -2.27. The highest BCUT2D eigenvalue weighted by Gasteiger charge is 2.10. The zero-order valence-electron chi connectivity index (χ0n) is 10.6. The molecular formula is C13H22N4. The summed E-state index contributed by atoms with van der Waals surface area (Å²) in [6.07, 6.45) is 9.42. The van der Waals surface area contributed by atoms with Gasteiger partial charge in [0.15, 0.2) is 0 Å². The van der Waals surface area contributed by atoms with E-state index in [-0.39, 0.29) is 6.04 Å². The molecule has 1 saturated heterocycles. The Bertz CT molecular complexity index is 308. The average Bonchev–Trinajstić information content (AvgIpc) is 2.41. The number of likely N-dealkylation sites (tertiary alicyclic amines) is 1. The molecule has 2 heterocycles. The van der Waals surface area contributed by atoms with Crippen molar-refractivity contribution in [3.05, 3.63) is 24.3 Å². The standard InChI is InChI=1S/C13H22N4/c1-12(13-11-14-5-6-16-13)15-7-10-17-8-3-2-4-9-17/h5-6,11-12,15H,2-4,7-10H2,1H3. The minimum Gasteiger partial charge on any atom is -0.308 e. The molecule has 1 fully saturated rings. The van der Waals surface area contributed by atoms with Crippen LogP contribution in [-0.4, -0.2) is 41.0 Å². The molecule has 1 aromatic rings. The molecule has 1 atom stereocenters. The van der Waals surface area contributed by atoms with E-state index in [0.717, 1.165) is 18.8 Å². The van der Waals surface area contributed by atoms with Crippen LogP contribution in [0.1, 0.15) is 37.9 Å². The number of aromatic nitrogens is 2. The number of hydrogen-bond acceptors (Lipinski definition) is 4. The highest BCUT2D eigenvalue weighted by Crippen LogP contribution is 2.09. The molecule has 1 unspecified atom stereocenters. The predicted molar refractivity (Wildman–Crippen MR) is 68.7 cm³/mol. The quantitative estimate of drug-likeness (QED) is 0.840. The number of rotatable bonds is 5. The van der Waals surface area contributed by atoms with Crippen LogP contribution in [0, 0.1) is 0 Å². The second-order valence-electron chi connectivity index (χ2n) is 4.71. The fraction of sp³-hybridized carbons (Fsp3) is 0.692. The van der Waals surface area contributed by atoms with Crippen LogP contribution < -0.4 is 5.32 Å². The van der Waals surface area contributed by atoms with Crippen molar-refractivity contribution in [2.24, 2.45) is 0 Å². The third-order valence-electron chi connectivity index (χ3n) is 3.35. The minimum atomic E-state index is 0.286. The van der Waals surface area contributed by atoms with E-state index in [0.29, 0.717) is 0 Å². The van der Waals surface area contributed by atoms with Crippen molar-refractivity contribution < 1.29 is 0 Å². The second-order valence-corrected chi connectivity index (χ2v) is 4.71. The van der Waals surface area contributed by atoms with Crippen LogP contribution in [0.4, 0.5) is 0 Å². The van der Waals surface area contributed by atoms with Gasteiger partial charge in [-0.3, -0.25) is 9.97 Å². The van der Waals surface area contributed by atoms with Gasteiger partial charge in [-0.1, -0.05) is 6.42 Å². The molecule has 0 radical (unpaired) electrons. The first kappa shape index (κ1) is 12.5. The third kappa shape index (κ3) is 4.06. The van der Waals surface area contributed by atoms with E-state index in [4.69, 9.17) is 0 Å². The molecule has 1 aromatic heterocycles. The van der Waals surface area contributed by atoms with E-state index < -0.39 is 0 Å². The molecule has 0 aromatic carbocycles. The molecule has 4 nitrogen and oxygen atoms in total. The van der Waals surface area contributed by atoms with Crippen LogP contribution in [0.5, 0.6) is 0 Å². The SMILES string of the molecule is CC(NCCN1CCCCC1)c1cnccn1. The fourth-order valence-corrected chi connectivity index (χ4v) is 2.26. The monoisotopic (exact) mass is 234 g/mol. The summed E-state index contributed by atoms with van der Waals surface area (Å²) < 4.78 is 0. The Morgan fingerprint density at radius 1 is 1.29 bits per heavy atom. The van der Waals surface area contributed by atoms with Crippen molar-refractivity contribution in [3.63, 3.8) is 0 Å². The van der Waals surface area contributed by atoms with Crippen LogP contribution in [0.3, 0.4) is 0 Å². The van der Waals surface area contributed by atoms with Crippen molar-refractivity contribution >= 4 is 0 Å². The molecule has 1 N–H and O–H groups in total. The van der Waals surface area contributed by atoms with E-state index in [1.165, 1.54) is 32.4 Å². The van der Waals surface area contributed by atoms with Gasteiger partial charge in [0.25, 0.3) is 0 Å². The predicted octanol–water partition coefficient (Wildman–Crippen LogP) is 1.61. The first-order chi connectivity index (χ1) is 8.36. The van der Waals surface area contributed by atoms with Crippen LogP contribution in [0.2, 0.25) is 0 Å². The summed E-state index contributed by atoms with van der Waals surface area (Å²) in [5.74, 6) is 0. The Labute approximate surface area is 103 Å². The molecule has 94 valence electrons. The molecule has 2 rings (SSSR count). The van der Waals surface area contributed by atoms with Gasteiger partial charge in [-0.25, -0.2) is 0 Å². The maximum absolute atomic E-state index is 4.31. The van der Waals surface area contributed by atoms with E-state index >= 15 is 0 Å². The Morgan fingerprint density at radius 3 is 2.82 bits per heavy atom. The zero-order chi connectivity index (χ0) is 11.9. The van der Waals surface area contributed by atoms with E-state index in [9.17, 15) is 0 Å². The van der Waals surface area contributed by atoms with Crippen LogP contribution in [-0.2, 0) is 0 Å². The molecule has 0 spiro atoms.